The number of anilines is 2. The van der Waals surface area contributed by atoms with E-state index < -0.39 is 0 Å². The van der Waals surface area contributed by atoms with E-state index in [0.29, 0.717) is 38.8 Å². The van der Waals surface area contributed by atoms with Crippen molar-refractivity contribution in [3.05, 3.63) is 64.7 Å². The molecule has 5 rings (SSSR count). The fourth-order valence-electron chi connectivity index (χ4n) is 5.84. The molecule has 0 bridgehead atoms. The molecule has 1 aliphatic carbocycles. The highest BCUT2D eigenvalue weighted by atomic mass is 16.5. The van der Waals surface area contributed by atoms with Crippen molar-refractivity contribution >= 4 is 17.4 Å². The minimum Gasteiger partial charge on any atom is -0.462 e. The first-order valence-electron chi connectivity index (χ1n) is 14.4. The van der Waals surface area contributed by atoms with Crippen LogP contribution in [0, 0.1) is 26.3 Å². The Morgan fingerprint density at radius 1 is 1.23 bits per heavy atom. The molecule has 3 aliphatic rings. The Hall–Kier alpha value is -3.64. The first-order chi connectivity index (χ1) is 19.4. The summed E-state index contributed by atoms with van der Waals surface area (Å²) < 4.78 is 6.18. The Morgan fingerprint density at radius 2 is 2.05 bits per heavy atom. The molecular formula is C31H41N7O2. The third-order valence-electron chi connectivity index (χ3n) is 8.45. The quantitative estimate of drug-likeness (QED) is 0.336. The Morgan fingerprint density at radius 3 is 2.80 bits per heavy atom. The summed E-state index contributed by atoms with van der Waals surface area (Å²) in [6.07, 6.45) is 4.83. The van der Waals surface area contributed by atoms with Crippen LogP contribution in [0.15, 0.2) is 30.9 Å². The lowest BCUT2D eigenvalue weighted by Crippen LogP contribution is -2.56. The summed E-state index contributed by atoms with van der Waals surface area (Å²) in [4.78, 5) is 34.7. The van der Waals surface area contributed by atoms with Gasteiger partial charge >= 0.3 is 6.01 Å². The standard InChI is InChI=1S/C31H41N7O2/c1-6-29(39)38-15-14-37(20-25(38)18-32-4)30-26-12-13-36(28-9-7-8-22(2)23(28)3)21-27(26)33-31(34-30)40-17-16-35(5)19-24-10-11-24/h6-9,24-25H,1,10-21H2,2-3,5H3/t25-/m0/s1. The van der Waals surface area contributed by atoms with Gasteiger partial charge in [-0.1, -0.05) is 18.7 Å². The van der Waals surface area contributed by atoms with Crippen molar-refractivity contribution in [2.75, 3.05) is 69.3 Å². The molecule has 0 N–H and O–H groups in total. The number of hydrogen-bond acceptors (Lipinski definition) is 7. The number of fused-ring (bicyclic) bond motifs is 1. The summed E-state index contributed by atoms with van der Waals surface area (Å²) in [6, 6.07) is 6.65. The molecule has 9 nitrogen and oxygen atoms in total. The minimum absolute atomic E-state index is 0.124. The van der Waals surface area contributed by atoms with Crippen molar-refractivity contribution < 1.29 is 9.53 Å². The monoisotopic (exact) mass is 543 g/mol. The van der Waals surface area contributed by atoms with Crippen molar-refractivity contribution in [3.63, 3.8) is 0 Å². The molecule has 1 atom stereocenters. The molecule has 1 amide bonds. The van der Waals surface area contributed by atoms with Crippen molar-refractivity contribution in [2.45, 2.75) is 45.7 Å². The topological polar surface area (TPSA) is 69.4 Å². The Kier molecular flexibility index (Phi) is 8.55. The average Bonchev–Trinajstić information content (AvgIpc) is 3.77. The third kappa shape index (κ3) is 6.23. The third-order valence-corrected chi connectivity index (χ3v) is 8.45. The van der Waals surface area contributed by atoms with E-state index in [4.69, 9.17) is 21.3 Å². The number of carbonyl (C=O) groups is 1. The van der Waals surface area contributed by atoms with Crippen LogP contribution in [0.1, 0.15) is 35.2 Å². The van der Waals surface area contributed by atoms with Gasteiger partial charge in [0.05, 0.1) is 12.2 Å². The van der Waals surface area contributed by atoms with Crippen molar-refractivity contribution in [1.29, 1.82) is 0 Å². The van der Waals surface area contributed by atoms with Crippen LogP contribution < -0.4 is 14.5 Å². The maximum atomic E-state index is 12.5. The fourth-order valence-corrected chi connectivity index (χ4v) is 5.84. The number of aryl methyl sites for hydroxylation is 1. The van der Waals surface area contributed by atoms with Crippen LogP contribution in [0.25, 0.3) is 4.85 Å². The number of nitrogens with zero attached hydrogens (tertiary/aromatic N) is 7. The second-order valence-electron chi connectivity index (χ2n) is 11.4. The molecule has 0 unspecified atom stereocenters. The SMILES string of the molecule is [C-]#[N+]C[C@H]1CN(c2nc(OCCN(C)CC3CC3)nc3c2CCN(c2cccc(C)c2C)C3)CCN1C(=O)C=C. The fraction of sp³-hybridized carbons (Fsp3) is 0.548. The molecular weight excluding hydrogens is 502 g/mol. The smallest absolute Gasteiger partial charge is 0.318 e. The predicted octanol–water partition coefficient (Wildman–Crippen LogP) is 3.50. The first-order valence-corrected chi connectivity index (χ1v) is 14.4. The van der Waals surface area contributed by atoms with E-state index >= 15 is 0 Å². The number of carbonyl (C=O) groups excluding carboxylic acids is 1. The van der Waals surface area contributed by atoms with E-state index in [1.54, 1.807) is 4.90 Å². The highest BCUT2D eigenvalue weighted by Gasteiger charge is 2.35. The lowest BCUT2D eigenvalue weighted by Gasteiger charge is -2.41. The molecule has 1 aromatic heterocycles. The zero-order chi connectivity index (χ0) is 28.2. The number of benzene rings is 1. The van der Waals surface area contributed by atoms with Crippen LogP contribution in [0.2, 0.25) is 0 Å². The summed E-state index contributed by atoms with van der Waals surface area (Å²) in [5, 5.41) is 0. The van der Waals surface area contributed by atoms with E-state index in [9.17, 15) is 4.79 Å². The number of amides is 1. The normalized spacial score (nSPS) is 18.9. The first kappa shape index (κ1) is 27.9. The molecule has 40 heavy (non-hydrogen) atoms. The molecule has 0 radical (unpaired) electrons. The zero-order valence-corrected chi connectivity index (χ0v) is 24.1. The highest BCUT2D eigenvalue weighted by molar-refractivity contribution is 5.87. The second kappa shape index (κ2) is 12.3. The maximum Gasteiger partial charge on any atom is 0.318 e. The summed E-state index contributed by atoms with van der Waals surface area (Å²) in [6.45, 7) is 21.5. The number of piperazine rings is 1. The number of aromatic nitrogens is 2. The van der Waals surface area contributed by atoms with Gasteiger partial charge in [-0.25, -0.2) is 6.57 Å². The van der Waals surface area contributed by atoms with E-state index in [0.717, 1.165) is 49.0 Å². The molecule has 2 fully saturated rings. The lowest BCUT2D eigenvalue weighted by molar-refractivity contribution is -0.128. The molecule has 3 heterocycles. The maximum absolute atomic E-state index is 12.5. The van der Waals surface area contributed by atoms with Gasteiger partial charge in [-0.15, -0.1) is 0 Å². The lowest BCUT2D eigenvalue weighted by atomic mass is 10.0. The van der Waals surface area contributed by atoms with Gasteiger partial charge < -0.3 is 29.2 Å². The van der Waals surface area contributed by atoms with Gasteiger partial charge in [0, 0.05) is 50.5 Å². The van der Waals surface area contributed by atoms with E-state index in [1.165, 1.54) is 35.7 Å². The Balaban J connectivity index is 1.41. The van der Waals surface area contributed by atoms with Crippen LogP contribution in [-0.2, 0) is 17.8 Å². The molecule has 0 spiro atoms. The van der Waals surface area contributed by atoms with Crippen LogP contribution in [0.4, 0.5) is 11.5 Å². The van der Waals surface area contributed by atoms with Gasteiger partial charge in [0.25, 0.3) is 0 Å². The average molecular weight is 544 g/mol. The number of ether oxygens (including phenoxy) is 1. The van der Waals surface area contributed by atoms with Gasteiger partial charge in [0.2, 0.25) is 12.5 Å². The Bertz CT molecular complexity index is 1290. The van der Waals surface area contributed by atoms with Crippen LogP contribution >= 0.6 is 0 Å². The number of likely N-dealkylation sites (N-methyl/N-ethyl adjacent to an activating group) is 1. The van der Waals surface area contributed by atoms with Gasteiger partial charge in [0.1, 0.15) is 18.5 Å². The minimum atomic E-state index is -0.210. The van der Waals surface area contributed by atoms with Gasteiger partial charge in [-0.05, 0) is 69.3 Å². The van der Waals surface area contributed by atoms with E-state index in [2.05, 4.69) is 65.2 Å². The van der Waals surface area contributed by atoms with Crippen LogP contribution in [-0.4, -0.2) is 91.2 Å². The molecule has 1 saturated carbocycles. The van der Waals surface area contributed by atoms with Crippen molar-refractivity contribution in [2.24, 2.45) is 5.92 Å². The predicted molar refractivity (Wildman–Crippen MR) is 158 cm³/mol. The highest BCUT2D eigenvalue weighted by Crippen LogP contribution is 2.34. The summed E-state index contributed by atoms with van der Waals surface area (Å²) in [5.74, 6) is 1.59. The molecule has 212 valence electrons. The molecule has 1 saturated heterocycles. The van der Waals surface area contributed by atoms with Crippen molar-refractivity contribution in [3.8, 4) is 6.01 Å². The number of rotatable bonds is 10. The Labute approximate surface area is 238 Å². The van der Waals surface area contributed by atoms with E-state index in [1.807, 2.05) is 0 Å². The van der Waals surface area contributed by atoms with Crippen LogP contribution in [0.5, 0.6) is 6.01 Å². The van der Waals surface area contributed by atoms with Gasteiger partial charge in [0.15, 0.2) is 0 Å². The molecule has 2 aromatic rings. The van der Waals surface area contributed by atoms with Gasteiger partial charge in [-0.3, -0.25) is 4.79 Å². The second-order valence-corrected chi connectivity index (χ2v) is 11.4. The summed E-state index contributed by atoms with van der Waals surface area (Å²) in [7, 11) is 2.14. The summed E-state index contributed by atoms with van der Waals surface area (Å²) >= 11 is 0. The molecule has 1 aromatic carbocycles. The zero-order valence-electron chi connectivity index (χ0n) is 24.1. The number of hydrogen-bond donors (Lipinski definition) is 0. The molecule has 2 aliphatic heterocycles. The van der Waals surface area contributed by atoms with Crippen molar-refractivity contribution in [1.82, 2.24) is 19.8 Å². The summed E-state index contributed by atoms with van der Waals surface area (Å²) in [5.41, 5.74) is 5.95. The van der Waals surface area contributed by atoms with Crippen LogP contribution in [0.3, 0.4) is 0 Å². The van der Waals surface area contributed by atoms with Gasteiger partial charge in [-0.2, -0.15) is 9.97 Å². The van der Waals surface area contributed by atoms with E-state index in [-0.39, 0.29) is 18.5 Å². The largest absolute Gasteiger partial charge is 0.462 e. The molecule has 9 heteroatoms.